The van der Waals surface area contributed by atoms with E-state index in [1.54, 1.807) is 31.6 Å². The Labute approximate surface area is 141 Å². The van der Waals surface area contributed by atoms with Crippen LogP contribution in [0.25, 0.3) is 0 Å². The molecule has 0 aromatic heterocycles. The zero-order chi connectivity index (χ0) is 13.2. The predicted molar refractivity (Wildman–Crippen MR) is 99.2 cm³/mol. The van der Waals surface area contributed by atoms with Gasteiger partial charge in [0.15, 0.2) is 0 Å². The normalized spacial score (nSPS) is 19.5. The van der Waals surface area contributed by atoms with Gasteiger partial charge >= 0.3 is 144 Å². The molecule has 6 heteroatoms. The second kappa shape index (κ2) is 13.2. The first-order valence-corrected chi connectivity index (χ1v) is 42.3. The van der Waals surface area contributed by atoms with Crippen molar-refractivity contribution in [3.8, 4) is 0 Å². The fourth-order valence-electron chi connectivity index (χ4n) is 1.46. The standard InChI is InChI=1S/3C4H9.3Bi.3S/c3*1-3-4-2;;;;;;/h3*1,3-4H2,2H3;;;;;;. The Kier molecular flexibility index (Phi) is 14.4. The summed E-state index contributed by atoms with van der Waals surface area (Å²) in [5.41, 5.74) is 0. The molecule has 1 rings (SSSR count). The van der Waals surface area contributed by atoms with E-state index in [1.807, 2.05) is 0 Å². The minimum atomic E-state index is -1.01. The van der Waals surface area contributed by atoms with Crippen molar-refractivity contribution in [2.75, 3.05) is 0 Å². The van der Waals surface area contributed by atoms with Crippen molar-refractivity contribution >= 4 is 72.3 Å². The van der Waals surface area contributed by atoms with Crippen molar-refractivity contribution < 1.29 is 0 Å². The van der Waals surface area contributed by atoms with Crippen LogP contribution in [-0.2, 0) is 0 Å². The molecule has 1 heterocycles. The molecule has 0 nitrogen and oxygen atoms in total. The van der Waals surface area contributed by atoms with E-state index in [-0.39, 0.29) is 0 Å². The fraction of sp³-hybridized carbons (Fsp3) is 1.00. The molecule has 18 heavy (non-hydrogen) atoms. The molecule has 0 saturated carbocycles. The summed E-state index contributed by atoms with van der Waals surface area (Å²) in [6, 6.07) is 0. The van der Waals surface area contributed by atoms with Crippen molar-refractivity contribution in [2.45, 2.75) is 71.7 Å². The first-order valence-electron chi connectivity index (χ1n) is 7.17. The van der Waals surface area contributed by atoms with E-state index in [9.17, 15) is 0 Å². The molecule has 0 atom stereocenters. The van der Waals surface area contributed by atoms with E-state index >= 15 is 0 Å². The predicted octanol–water partition coefficient (Wildman–Crippen LogP) is 6.06. The third-order valence-electron chi connectivity index (χ3n) is 2.63. The van der Waals surface area contributed by atoms with Crippen molar-refractivity contribution in [3.05, 3.63) is 0 Å². The van der Waals surface area contributed by atoms with Crippen LogP contribution in [0.3, 0.4) is 0 Å². The third-order valence-corrected chi connectivity index (χ3v) is 238. The van der Waals surface area contributed by atoms with Gasteiger partial charge in [-0.3, -0.25) is 0 Å². The van der Waals surface area contributed by atoms with Crippen LogP contribution >= 0.6 is 15.8 Å². The summed E-state index contributed by atoms with van der Waals surface area (Å²) in [5, 5.41) is 8.20. The minimum absolute atomic E-state index is 1.01. The molecule has 1 aliphatic heterocycles. The van der Waals surface area contributed by atoms with Gasteiger partial charge < -0.3 is 0 Å². The molecule has 1 saturated heterocycles. The molecule has 0 N–H and O–H groups in total. The second-order valence-electron chi connectivity index (χ2n) is 4.47. The Morgan fingerprint density at radius 2 is 0.833 bits per heavy atom. The van der Waals surface area contributed by atoms with Gasteiger partial charge in [0, 0.05) is 0 Å². The topological polar surface area (TPSA) is 0 Å². The Bertz CT molecular complexity index is 168. The van der Waals surface area contributed by atoms with Crippen LogP contribution in [0.2, 0.25) is 12.4 Å². The van der Waals surface area contributed by atoms with Crippen LogP contribution in [0.1, 0.15) is 59.3 Å². The summed E-state index contributed by atoms with van der Waals surface area (Å²) in [7, 11) is 0. The van der Waals surface area contributed by atoms with Gasteiger partial charge in [-0.2, -0.15) is 0 Å². The Morgan fingerprint density at radius 3 is 1.06 bits per heavy atom. The van der Waals surface area contributed by atoms with Crippen LogP contribution in [0, 0.1) is 0 Å². The van der Waals surface area contributed by atoms with Crippen molar-refractivity contribution in [3.63, 3.8) is 0 Å². The Morgan fingerprint density at radius 1 is 0.556 bits per heavy atom. The van der Waals surface area contributed by atoms with Crippen molar-refractivity contribution in [2.24, 2.45) is 0 Å². The van der Waals surface area contributed by atoms with Crippen LogP contribution in [0.4, 0.5) is 0 Å². The average molecular weight is 894 g/mol. The first-order chi connectivity index (χ1) is 8.80. The molecule has 0 aliphatic carbocycles. The quantitative estimate of drug-likeness (QED) is 0.259. The second-order valence-corrected chi connectivity index (χ2v) is 103. The molecule has 0 radical (unpaired) electrons. The maximum atomic E-state index is 2.73. The number of hydrogen-bond acceptors (Lipinski definition) is 3. The SMILES string of the molecule is CCC[CH2][Bi]1[S][Bi]([CH2]CCC)[S][Bi]([CH2]CCC)[S]1. The van der Waals surface area contributed by atoms with E-state index in [4.69, 9.17) is 0 Å². The van der Waals surface area contributed by atoms with E-state index < -0.39 is 56.5 Å². The molecular formula is C12H27Bi3S3. The number of hydrogen-bond donors (Lipinski definition) is 0. The third kappa shape index (κ3) is 8.98. The van der Waals surface area contributed by atoms with Gasteiger partial charge in [0.25, 0.3) is 0 Å². The summed E-state index contributed by atoms with van der Waals surface area (Å²) in [4.78, 5) is 0. The fourth-order valence-corrected chi connectivity index (χ4v) is 554. The molecule has 108 valence electrons. The van der Waals surface area contributed by atoms with Crippen molar-refractivity contribution in [1.29, 1.82) is 0 Å². The summed E-state index contributed by atoms with van der Waals surface area (Å²) in [6.45, 7) is 7.14. The molecule has 0 bridgehead atoms. The Hall–Kier alpha value is 3.70. The van der Waals surface area contributed by atoms with Gasteiger partial charge in [-0.15, -0.1) is 0 Å². The number of unbranched alkanes of at least 4 members (excludes halogenated alkanes) is 3. The zero-order valence-electron chi connectivity index (χ0n) is 11.9. The van der Waals surface area contributed by atoms with Crippen LogP contribution in [0.5, 0.6) is 0 Å². The van der Waals surface area contributed by atoms with Crippen LogP contribution in [0.15, 0.2) is 0 Å². The monoisotopic (exact) mass is 894 g/mol. The molecular weight excluding hydrogens is 867 g/mol. The first kappa shape index (κ1) is 19.7. The molecule has 0 unspecified atom stereocenters. The number of rotatable bonds is 9. The summed E-state index contributed by atoms with van der Waals surface area (Å²) < 4.78 is 5.20. The maximum absolute atomic E-state index is 2.73. The summed E-state index contributed by atoms with van der Waals surface area (Å²) in [5.74, 6) is 0. The van der Waals surface area contributed by atoms with Gasteiger partial charge in [0.1, 0.15) is 0 Å². The molecule has 1 aliphatic rings. The van der Waals surface area contributed by atoms with E-state index in [1.165, 1.54) is 19.3 Å². The van der Waals surface area contributed by atoms with Gasteiger partial charge in [0.2, 0.25) is 0 Å². The van der Waals surface area contributed by atoms with E-state index in [2.05, 4.69) is 36.6 Å². The molecule has 0 aromatic rings. The molecule has 0 aromatic carbocycles. The molecule has 1 fully saturated rings. The van der Waals surface area contributed by atoms with Gasteiger partial charge in [-0.1, -0.05) is 0 Å². The van der Waals surface area contributed by atoms with Gasteiger partial charge in [-0.25, -0.2) is 0 Å². The van der Waals surface area contributed by atoms with E-state index in [0.29, 0.717) is 0 Å². The van der Waals surface area contributed by atoms with Gasteiger partial charge in [-0.05, 0) is 0 Å². The Balaban J connectivity index is 2.38. The van der Waals surface area contributed by atoms with Crippen LogP contribution in [-0.4, -0.2) is 56.5 Å². The summed E-state index contributed by atoms with van der Waals surface area (Å²) >= 11 is -3.04. The van der Waals surface area contributed by atoms with Crippen molar-refractivity contribution in [1.82, 2.24) is 0 Å². The molecule has 0 amide bonds. The zero-order valence-corrected chi connectivity index (χ0v) is 24.8. The van der Waals surface area contributed by atoms with E-state index in [0.717, 1.165) is 0 Å². The molecule has 0 spiro atoms. The van der Waals surface area contributed by atoms with Crippen LogP contribution < -0.4 is 0 Å². The van der Waals surface area contributed by atoms with Gasteiger partial charge in [0.05, 0.1) is 0 Å². The summed E-state index contributed by atoms with van der Waals surface area (Å²) in [6.07, 6.45) is 9.05. The average Bonchev–Trinajstić information content (AvgIpc) is 2.40.